The molecule has 17 heavy (non-hydrogen) atoms. The fourth-order valence-electron chi connectivity index (χ4n) is 1.56. The van der Waals surface area contributed by atoms with Crippen LogP contribution in [0.2, 0.25) is 0 Å². The summed E-state index contributed by atoms with van der Waals surface area (Å²) in [4.78, 5) is 0. The zero-order valence-corrected chi connectivity index (χ0v) is 10.6. The second-order valence-corrected chi connectivity index (χ2v) is 3.78. The molecule has 0 unspecified atom stereocenters. The van der Waals surface area contributed by atoms with Crippen molar-refractivity contribution in [2.45, 2.75) is 13.8 Å². The minimum absolute atomic E-state index is 0.0171. The minimum atomic E-state index is 0.0171. The molecule has 3 N–H and O–H groups in total. The topological polar surface area (TPSA) is 65.3 Å². The Morgan fingerprint density at radius 2 is 2.06 bits per heavy atom. The summed E-state index contributed by atoms with van der Waals surface area (Å²) in [6.45, 7) is 3.63. The highest BCUT2D eigenvalue weighted by atomic mass is 16.5. The van der Waals surface area contributed by atoms with E-state index in [1.165, 1.54) is 0 Å². The number of hydrogen-bond donors (Lipinski definition) is 3. The molecular formula is C13H18N2O2. The van der Waals surface area contributed by atoms with Crippen molar-refractivity contribution in [3.63, 3.8) is 0 Å². The van der Waals surface area contributed by atoms with Gasteiger partial charge in [0, 0.05) is 18.2 Å². The van der Waals surface area contributed by atoms with E-state index in [-0.39, 0.29) is 5.88 Å². The molecule has 4 nitrogen and oxygen atoms in total. The van der Waals surface area contributed by atoms with Gasteiger partial charge >= 0.3 is 0 Å². The standard InChI is InChI=1S/C13H18N2O2/c1-8-7-10(5-6-11(8)17-4)12(14)9(2)13(16)15-3/h5-7,14-16H,1-4H3/b13-9+,14-12?. The summed E-state index contributed by atoms with van der Waals surface area (Å²) in [5.41, 5.74) is 2.52. The number of aliphatic hydroxyl groups excluding tert-OH is 1. The van der Waals surface area contributed by atoms with Gasteiger partial charge in [-0.3, -0.25) is 5.41 Å². The van der Waals surface area contributed by atoms with Crippen molar-refractivity contribution in [3.8, 4) is 5.75 Å². The summed E-state index contributed by atoms with van der Waals surface area (Å²) in [6, 6.07) is 5.50. The summed E-state index contributed by atoms with van der Waals surface area (Å²) >= 11 is 0. The van der Waals surface area contributed by atoms with Crippen LogP contribution in [0.1, 0.15) is 18.1 Å². The van der Waals surface area contributed by atoms with Crippen LogP contribution in [0, 0.1) is 12.3 Å². The average molecular weight is 234 g/mol. The van der Waals surface area contributed by atoms with Crippen molar-refractivity contribution in [2.75, 3.05) is 14.2 Å². The predicted octanol–water partition coefficient (Wildman–Crippen LogP) is 2.38. The first-order chi connectivity index (χ1) is 8.01. The Hall–Kier alpha value is -1.97. The molecule has 92 valence electrons. The van der Waals surface area contributed by atoms with Gasteiger partial charge in [-0.05, 0) is 37.6 Å². The highest BCUT2D eigenvalue weighted by Crippen LogP contribution is 2.20. The smallest absolute Gasteiger partial charge is 0.189 e. The first-order valence-electron chi connectivity index (χ1n) is 5.32. The Balaban J connectivity index is 3.10. The van der Waals surface area contributed by atoms with Gasteiger partial charge in [0.05, 0.1) is 12.8 Å². The number of rotatable bonds is 4. The third-order valence-electron chi connectivity index (χ3n) is 2.65. The van der Waals surface area contributed by atoms with Crippen molar-refractivity contribution in [1.29, 1.82) is 5.41 Å². The van der Waals surface area contributed by atoms with Crippen molar-refractivity contribution in [1.82, 2.24) is 5.32 Å². The molecule has 0 saturated carbocycles. The second kappa shape index (κ2) is 5.39. The molecule has 1 aromatic rings. The molecule has 0 saturated heterocycles. The number of benzene rings is 1. The Morgan fingerprint density at radius 3 is 2.53 bits per heavy atom. The molecule has 0 heterocycles. The number of hydrogen-bond acceptors (Lipinski definition) is 4. The van der Waals surface area contributed by atoms with Crippen LogP contribution in [-0.2, 0) is 0 Å². The summed E-state index contributed by atoms with van der Waals surface area (Å²) in [5, 5.41) is 20.1. The molecule has 0 aliphatic heterocycles. The fraction of sp³-hybridized carbons (Fsp3) is 0.308. The van der Waals surface area contributed by atoms with Crippen LogP contribution in [0.15, 0.2) is 29.7 Å². The number of methoxy groups -OCH3 is 1. The van der Waals surface area contributed by atoms with Gasteiger partial charge in [0.2, 0.25) is 0 Å². The highest BCUT2D eigenvalue weighted by Gasteiger charge is 2.09. The molecule has 4 heteroatoms. The van der Waals surface area contributed by atoms with Crippen molar-refractivity contribution in [3.05, 3.63) is 40.8 Å². The SMILES string of the molecule is CN/C(O)=C(/C)C(=N)c1ccc(OC)c(C)c1. The molecule has 0 amide bonds. The van der Waals surface area contributed by atoms with Gasteiger partial charge in [-0.15, -0.1) is 0 Å². The molecule has 1 rings (SSSR count). The Labute approximate surface area is 101 Å². The summed E-state index contributed by atoms with van der Waals surface area (Å²) < 4.78 is 5.16. The van der Waals surface area contributed by atoms with E-state index in [2.05, 4.69) is 5.32 Å². The summed E-state index contributed by atoms with van der Waals surface area (Å²) in [7, 11) is 3.23. The zero-order valence-electron chi connectivity index (χ0n) is 10.6. The molecule has 0 spiro atoms. The van der Waals surface area contributed by atoms with E-state index in [0.717, 1.165) is 16.9 Å². The van der Waals surface area contributed by atoms with Crippen LogP contribution >= 0.6 is 0 Å². The van der Waals surface area contributed by atoms with E-state index in [1.54, 1.807) is 27.1 Å². The van der Waals surface area contributed by atoms with Gasteiger partial charge in [-0.2, -0.15) is 0 Å². The van der Waals surface area contributed by atoms with Gasteiger partial charge in [0.15, 0.2) is 5.88 Å². The summed E-state index contributed by atoms with van der Waals surface area (Å²) in [5.74, 6) is 0.810. The van der Waals surface area contributed by atoms with E-state index < -0.39 is 0 Å². The maximum Gasteiger partial charge on any atom is 0.189 e. The van der Waals surface area contributed by atoms with Gasteiger partial charge in [-0.1, -0.05) is 0 Å². The highest BCUT2D eigenvalue weighted by molar-refractivity contribution is 6.10. The lowest BCUT2D eigenvalue weighted by molar-refractivity contribution is 0.372. The molecular weight excluding hydrogens is 216 g/mol. The van der Waals surface area contributed by atoms with Crippen LogP contribution in [0.3, 0.4) is 0 Å². The minimum Gasteiger partial charge on any atom is -0.496 e. The van der Waals surface area contributed by atoms with Crippen molar-refractivity contribution >= 4 is 5.71 Å². The second-order valence-electron chi connectivity index (χ2n) is 3.78. The molecule has 1 aromatic carbocycles. The van der Waals surface area contributed by atoms with Crippen molar-refractivity contribution in [2.24, 2.45) is 0 Å². The third-order valence-corrected chi connectivity index (χ3v) is 2.65. The van der Waals surface area contributed by atoms with E-state index in [4.69, 9.17) is 10.1 Å². The lowest BCUT2D eigenvalue weighted by atomic mass is 10.0. The largest absolute Gasteiger partial charge is 0.496 e. The maximum absolute atomic E-state index is 9.53. The first kappa shape index (κ1) is 13.1. The van der Waals surface area contributed by atoms with Crippen molar-refractivity contribution < 1.29 is 9.84 Å². The normalized spacial score (nSPS) is 11.8. The molecule has 0 aliphatic carbocycles. The average Bonchev–Trinajstić information content (AvgIpc) is 2.35. The fourth-order valence-corrected chi connectivity index (χ4v) is 1.56. The van der Waals surface area contributed by atoms with E-state index in [9.17, 15) is 5.11 Å². The van der Waals surface area contributed by atoms with Gasteiger partial charge in [-0.25, -0.2) is 0 Å². The molecule has 0 atom stereocenters. The molecule has 0 bridgehead atoms. The predicted molar refractivity (Wildman–Crippen MR) is 68.9 cm³/mol. The lowest BCUT2D eigenvalue weighted by Crippen LogP contribution is -2.13. The monoisotopic (exact) mass is 234 g/mol. The van der Waals surface area contributed by atoms with Crippen LogP contribution in [0.4, 0.5) is 0 Å². The Morgan fingerprint density at radius 1 is 1.41 bits per heavy atom. The van der Waals surface area contributed by atoms with Gasteiger partial charge in [0.1, 0.15) is 5.75 Å². The van der Waals surface area contributed by atoms with Crippen LogP contribution < -0.4 is 10.1 Å². The number of aryl methyl sites for hydroxylation is 1. The number of aliphatic hydroxyl groups is 1. The van der Waals surface area contributed by atoms with E-state index in [0.29, 0.717) is 11.3 Å². The van der Waals surface area contributed by atoms with Crippen LogP contribution in [-0.4, -0.2) is 25.0 Å². The van der Waals surface area contributed by atoms with Gasteiger partial charge < -0.3 is 15.2 Å². The lowest BCUT2D eigenvalue weighted by Gasteiger charge is -2.10. The molecule has 0 aliphatic rings. The number of ether oxygens (including phenoxy) is 1. The third kappa shape index (κ3) is 2.78. The maximum atomic E-state index is 9.53. The quantitative estimate of drug-likeness (QED) is 0.553. The Kier molecular flexibility index (Phi) is 4.15. The van der Waals surface area contributed by atoms with Crippen LogP contribution in [0.25, 0.3) is 0 Å². The Bertz CT molecular complexity index is 464. The zero-order chi connectivity index (χ0) is 13.0. The molecule has 0 aromatic heterocycles. The summed E-state index contributed by atoms with van der Waals surface area (Å²) in [6.07, 6.45) is 0. The van der Waals surface area contributed by atoms with Gasteiger partial charge in [0.25, 0.3) is 0 Å². The van der Waals surface area contributed by atoms with Crippen LogP contribution in [0.5, 0.6) is 5.75 Å². The van der Waals surface area contributed by atoms with E-state index >= 15 is 0 Å². The first-order valence-corrected chi connectivity index (χ1v) is 5.32. The molecule has 0 radical (unpaired) electrons. The molecule has 0 fully saturated rings. The van der Waals surface area contributed by atoms with E-state index in [1.807, 2.05) is 19.1 Å². The number of nitrogens with one attached hydrogen (secondary N) is 2. The number of allylic oxidation sites excluding steroid dienone is 1.